The average Bonchev–Trinajstić information content (AvgIpc) is 2.34. The molecule has 0 aliphatic rings. The summed E-state index contributed by atoms with van der Waals surface area (Å²) in [4.78, 5) is 11.6. The zero-order valence-corrected chi connectivity index (χ0v) is 10.5. The van der Waals surface area contributed by atoms with E-state index in [2.05, 4.69) is 6.58 Å². The minimum absolute atomic E-state index is 0.0470. The van der Waals surface area contributed by atoms with Crippen molar-refractivity contribution in [2.45, 2.75) is 6.92 Å². The van der Waals surface area contributed by atoms with Crippen LogP contribution in [0.4, 0.5) is 0 Å². The number of fused-ring (bicyclic) bond motifs is 1. The quantitative estimate of drug-likeness (QED) is 0.510. The monoisotopic (exact) mass is 262 g/mol. The highest BCUT2D eigenvalue weighted by molar-refractivity contribution is 6.33. The van der Waals surface area contributed by atoms with Gasteiger partial charge in [-0.3, -0.25) is 0 Å². The van der Waals surface area contributed by atoms with Crippen molar-refractivity contribution in [2.75, 3.05) is 0 Å². The van der Waals surface area contributed by atoms with Crippen LogP contribution in [0.1, 0.15) is 6.92 Å². The van der Waals surface area contributed by atoms with Gasteiger partial charge in [0, 0.05) is 22.4 Å². The van der Waals surface area contributed by atoms with Gasteiger partial charge < -0.3 is 9.84 Å². The maximum Gasteiger partial charge on any atom is 0.338 e. The molecule has 0 unspecified atom stereocenters. The van der Waals surface area contributed by atoms with Crippen LogP contribution in [-0.2, 0) is 4.79 Å². The first-order chi connectivity index (χ1) is 8.50. The van der Waals surface area contributed by atoms with Gasteiger partial charge in [-0.1, -0.05) is 42.4 Å². The predicted octanol–water partition coefficient (Wildman–Crippen LogP) is 3.68. The van der Waals surface area contributed by atoms with Crippen LogP contribution in [0.3, 0.4) is 0 Å². The Morgan fingerprint density at radius 1 is 1.33 bits per heavy atom. The highest BCUT2D eigenvalue weighted by Crippen LogP contribution is 2.39. The molecular weight excluding hydrogens is 252 g/mol. The molecule has 2 rings (SSSR count). The molecule has 0 radical (unpaired) electrons. The fourth-order valence-corrected chi connectivity index (χ4v) is 1.82. The summed E-state index contributed by atoms with van der Waals surface area (Å²) in [6.07, 6.45) is 0. The fourth-order valence-electron chi connectivity index (χ4n) is 1.58. The van der Waals surface area contributed by atoms with E-state index in [1.165, 1.54) is 6.07 Å². The molecule has 0 saturated carbocycles. The minimum Gasteiger partial charge on any atom is -0.507 e. The Labute approximate surface area is 109 Å². The van der Waals surface area contributed by atoms with E-state index in [9.17, 15) is 9.90 Å². The Kier molecular flexibility index (Phi) is 3.26. The molecule has 0 saturated heterocycles. The summed E-state index contributed by atoms with van der Waals surface area (Å²) < 4.78 is 5.19. The van der Waals surface area contributed by atoms with Crippen molar-refractivity contribution in [1.82, 2.24) is 0 Å². The number of aromatic hydroxyl groups is 1. The van der Waals surface area contributed by atoms with E-state index in [0.717, 1.165) is 0 Å². The highest BCUT2D eigenvalue weighted by Gasteiger charge is 2.15. The van der Waals surface area contributed by atoms with Gasteiger partial charge in [0.1, 0.15) is 5.75 Å². The molecule has 0 spiro atoms. The van der Waals surface area contributed by atoms with Gasteiger partial charge in [-0.15, -0.1) is 0 Å². The highest BCUT2D eigenvalue weighted by atomic mass is 35.5. The molecule has 0 heterocycles. The molecule has 3 nitrogen and oxygen atoms in total. The van der Waals surface area contributed by atoms with Gasteiger partial charge in [-0.2, -0.15) is 0 Å². The van der Waals surface area contributed by atoms with Gasteiger partial charge in [0.25, 0.3) is 0 Å². The summed E-state index contributed by atoms with van der Waals surface area (Å²) in [5.41, 5.74) is 0.281. The van der Waals surface area contributed by atoms with E-state index < -0.39 is 5.97 Å². The van der Waals surface area contributed by atoms with Crippen molar-refractivity contribution < 1.29 is 14.6 Å². The first-order valence-corrected chi connectivity index (χ1v) is 5.66. The van der Waals surface area contributed by atoms with E-state index >= 15 is 0 Å². The molecule has 0 aliphatic heterocycles. The molecule has 0 aliphatic carbocycles. The van der Waals surface area contributed by atoms with Gasteiger partial charge in [-0.05, 0) is 6.92 Å². The molecule has 0 bridgehead atoms. The predicted molar refractivity (Wildman–Crippen MR) is 71.1 cm³/mol. The second-order valence-electron chi connectivity index (χ2n) is 3.92. The number of ether oxygens (including phenoxy) is 1. The van der Waals surface area contributed by atoms with Gasteiger partial charge in [0.2, 0.25) is 0 Å². The van der Waals surface area contributed by atoms with Crippen molar-refractivity contribution in [1.29, 1.82) is 0 Å². The van der Waals surface area contributed by atoms with Crippen molar-refractivity contribution in [3.05, 3.63) is 47.5 Å². The summed E-state index contributed by atoms with van der Waals surface area (Å²) in [7, 11) is 0. The number of phenols is 1. The van der Waals surface area contributed by atoms with E-state index in [1.807, 2.05) is 0 Å². The molecule has 0 aromatic heterocycles. The molecular formula is C14H11ClO3. The van der Waals surface area contributed by atoms with Crippen LogP contribution in [0, 0.1) is 0 Å². The Morgan fingerprint density at radius 3 is 2.56 bits per heavy atom. The number of halogens is 1. The maximum atomic E-state index is 11.6. The summed E-state index contributed by atoms with van der Waals surface area (Å²) in [5, 5.41) is 11.1. The Bertz CT molecular complexity index is 647. The molecule has 92 valence electrons. The molecule has 18 heavy (non-hydrogen) atoms. The molecule has 2 aromatic carbocycles. The number of benzene rings is 2. The third kappa shape index (κ3) is 2.17. The number of phenolic OH excluding ortho intramolecular Hbond substituents is 1. The first-order valence-electron chi connectivity index (χ1n) is 5.28. The van der Waals surface area contributed by atoms with E-state index in [4.69, 9.17) is 16.3 Å². The van der Waals surface area contributed by atoms with Crippen molar-refractivity contribution >= 4 is 28.3 Å². The van der Waals surface area contributed by atoms with Gasteiger partial charge in [0.15, 0.2) is 5.75 Å². The van der Waals surface area contributed by atoms with Gasteiger partial charge in [-0.25, -0.2) is 4.79 Å². The second kappa shape index (κ2) is 4.70. The fraction of sp³-hybridized carbons (Fsp3) is 0.0714. The number of hydrogen-bond acceptors (Lipinski definition) is 3. The number of carbonyl (C=O) groups is 1. The number of esters is 1. The molecule has 2 aromatic rings. The smallest absolute Gasteiger partial charge is 0.338 e. The van der Waals surface area contributed by atoms with Crippen LogP contribution >= 0.6 is 11.6 Å². The first kappa shape index (κ1) is 12.5. The third-order valence-electron chi connectivity index (χ3n) is 2.47. The lowest BCUT2D eigenvalue weighted by atomic mass is 10.1. The summed E-state index contributed by atoms with van der Waals surface area (Å²) >= 11 is 5.99. The summed E-state index contributed by atoms with van der Waals surface area (Å²) in [6, 6.07) is 8.35. The molecule has 4 heteroatoms. The molecule has 0 amide bonds. The van der Waals surface area contributed by atoms with Crippen LogP contribution in [0.25, 0.3) is 10.8 Å². The average molecular weight is 263 g/mol. The van der Waals surface area contributed by atoms with Crippen LogP contribution in [0.2, 0.25) is 5.02 Å². The van der Waals surface area contributed by atoms with Crippen LogP contribution in [0.5, 0.6) is 11.5 Å². The van der Waals surface area contributed by atoms with E-state index in [0.29, 0.717) is 10.8 Å². The molecule has 0 fully saturated rings. The largest absolute Gasteiger partial charge is 0.507 e. The van der Waals surface area contributed by atoms with Crippen LogP contribution in [-0.4, -0.2) is 11.1 Å². The van der Waals surface area contributed by atoms with Crippen molar-refractivity contribution in [2.24, 2.45) is 0 Å². The Hall–Kier alpha value is -2.00. The lowest BCUT2D eigenvalue weighted by Crippen LogP contribution is -2.08. The van der Waals surface area contributed by atoms with Gasteiger partial charge >= 0.3 is 5.97 Å². The topological polar surface area (TPSA) is 46.5 Å². The number of carbonyl (C=O) groups excluding carboxylic acids is 1. The van der Waals surface area contributed by atoms with E-state index in [1.54, 1.807) is 31.2 Å². The lowest BCUT2D eigenvalue weighted by Gasteiger charge is -2.10. The Morgan fingerprint density at radius 2 is 1.94 bits per heavy atom. The van der Waals surface area contributed by atoms with Crippen molar-refractivity contribution in [3.63, 3.8) is 0 Å². The molecule has 0 atom stereocenters. The summed E-state index contributed by atoms with van der Waals surface area (Å²) in [6.45, 7) is 5.07. The van der Waals surface area contributed by atoms with Crippen molar-refractivity contribution in [3.8, 4) is 11.5 Å². The standard InChI is InChI=1S/C14H11ClO3/c1-8(2)14(17)18-13-10-6-4-3-5-9(10)12(16)7-11(13)15/h3-7,16H,1H2,2H3. The lowest BCUT2D eigenvalue weighted by molar-refractivity contribution is -0.129. The number of rotatable bonds is 2. The minimum atomic E-state index is -0.548. The molecule has 1 N–H and O–H groups in total. The second-order valence-corrected chi connectivity index (χ2v) is 4.33. The Balaban J connectivity index is 2.63. The maximum absolute atomic E-state index is 11.6. The third-order valence-corrected chi connectivity index (χ3v) is 2.75. The summed E-state index contributed by atoms with van der Waals surface area (Å²) in [5.74, 6) is -0.267. The number of hydrogen-bond donors (Lipinski definition) is 1. The SMILES string of the molecule is C=C(C)C(=O)Oc1c(Cl)cc(O)c2ccccc12. The zero-order valence-electron chi connectivity index (χ0n) is 9.74. The van der Waals surface area contributed by atoms with Crippen LogP contribution in [0.15, 0.2) is 42.5 Å². The zero-order chi connectivity index (χ0) is 13.3. The van der Waals surface area contributed by atoms with E-state index in [-0.39, 0.29) is 22.1 Å². The van der Waals surface area contributed by atoms with Gasteiger partial charge in [0.05, 0.1) is 5.02 Å². The normalized spacial score (nSPS) is 10.3. The van der Waals surface area contributed by atoms with Crippen LogP contribution < -0.4 is 4.74 Å².